The van der Waals surface area contributed by atoms with Crippen molar-refractivity contribution in [3.05, 3.63) is 71.5 Å². The number of hydrogen-bond acceptors (Lipinski definition) is 4. The van der Waals surface area contributed by atoms with Crippen molar-refractivity contribution in [1.29, 1.82) is 0 Å². The lowest BCUT2D eigenvalue weighted by Crippen LogP contribution is -1.92. The van der Waals surface area contributed by atoms with Crippen LogP contribution in [0.3, 0.4) is 0 Å². The van der Waals surface area contributed by atoms with Gasteiger partial charge in [0, 0.05) is 17.5 Å². The molecule has 0 fully saturated rings. The zero-order chi connectivity index (χ0) is 15.4. The smallest absolute Gasteiger partial charge is 0.119 e. The van der Waals surface area contributed by atoms with Crippen molar-refractivity contribution >= 4 is 11.8 Å². The van der Waals surface area contributed by atoms with E-state index in [9.17, 15) is 0 Å². The minimum absolute atomic E-state index is 0.804. The molecule has 1 aromatic carbocycles. The highest BCUT2D eigenvalue weighted by atomic mass is 32.2. The summed E-state index contributed by atoms with van der Waals surface area (Å²) in [4.78, 5) is 4.31. The molecule has 4 heteroatoms. The Hall–Kier alpha value is -2.20. The first-order valence-corrected chi connectivity index (χ1v) is 8.15. The van der Waals surface area contributed by atoms with Gasteiger partial charge in [0.05, 0.1) is 11.4 Å². The number of thioether (sulfide) groups is 1. The highest BCUT2D eigenvalue weighted by Gasteiger charge is 2.04. The second-order valence-corrected chi connectivity index (χ2v) is 6.16. The Bertz CT molecular complexity index is 755. The summed E-state index contributed by atoms with van der Waals surface area (Å²) in [5.41, 5.74) is 5.63. The average molecular weight is 307 g/mol. The van der Waals surface area contributed by atoms with Gasteiger partial charge >= 0.3 is 0 Å². The van der Waals surface area contributed by atoms with Gasteiger partial charge in [-0.2, -0.15) is 0 Å². The standard InChI is InChI=1S/C18H17N3S/c1-13-6-7-15(11-14(13)2)17-8-9-18(21-20-17)22-12-16-5-3-4-10-19-16/h3-11H,12H2,1-2H3. The first-order chi connectivity index (χ1) is 10.7. The molecule has 0 aliphatic rings. The molecule has 0 aliphatic heterocycles. The quantitative estimate of drug-likeness (QED) is 0.668. The van der Waals surface area contributed by atoms with Crippen LogP contribution in [0.4, 0.5) is 0 Å². The Morgan fingerprint density at radius 3 is 2.50 bits per heavy atom. The van der Waals surface area contributed by atoms with Gasteiger partial charge in [-0.05, 0) is 55.3 Å². The number of nitrogens with zero attached hydrogens (tertiary/aromatic N) is 3. The molecule has 0 spiro atoms. The number of pyridine rings is 1. The monoisotopic (exact) mass is 307 g/mol. The van der Waals surface area contributed by atoms with E-state index in [1.54, 1.807) is 11.8 Å². The third kappa shape index (κ3) is 3.52. The van der Waals surface area contributed by atoms with E-state index in [0.29, 0.717) is 0 Å². The maximum absolute atomic E-state index is 4.34. The van der Waals surface area contributed by atoms with Crippen molar-refractivity contribution < 1.29 is 0 Å². The van der Waals surface area contributed by atoms with E-state index in [1.807, 2.05) is 36.5 Å². The largest absolute Gasteiger partial charge is 0.260 e. The van der Waals surface area contributed by atoms with Crippen LogP contribution in [0.1, 0.15) is 16.8 Å². The second-order valence-electron chi connectivity index (χ2n) is 5.17. The third-order valence-electron chi connectivity index (χ3n) is 3.54. The summed E-state index contributed by atoms with van der Waals surface area (Å²) in [7, 11) is 0. The fourth-order valence-corrected chi connectivity index (χ4v) is 2.81. The van der Waals surface area contributed by atoms with E-state index in [2.05, 4.69) is 47.2 Å². The number of hydrogen-bond donors (Lipinski definition) is 0. The zero-order valence-corrected chi connectivity index (χ0v) is 13.5. The van der Waals surface area contributed by atoms with Crippen LogP contribution in [-0.4, -0.2) is 15.2 Å². The van der Waals surface area contributed by atoms with E-state index in [0.717, 1.165) is 27.7 Å². The van der Waals surface area contributed by atoms with Crippen molar-refractivity contribution in [3.8, 4) is 11.3 Å². The molecule has 22 heavy (non-hydrogen) atoms. The van der Waals surface area contributed by atoms with Gasteiger partial charge in [-0.1, -0.05) is 30.0 Å². The summed E-state index contributed by atoms with van der Waals surface area (Å²) in [6.07, 6.45) is 1.81. The molecule has 0 saturated carbocycles. The van der Waals surface area contributed by atoms with Gasteiger partial charge in [-0.15, -0.1) is 10.2 Å². The van der Waals surface area contributed by atoms with E-state index >= 15 is 0 Å². The summed E-state index contributed by atoms with van der Waals surface area (Å²) >= 11 is 1.65. The molecule has 0 atom stereocenters. The highest BCUT2D eigenvalue weighted by Crippen LogP contribution is 2.23. The van der Waals surface area contributed by atoms with Gasteiger partial charge in [0.15, 0.2) is 0 Å². The first kappa shape index (κ1) is 14.7. The number of aryl methyl sites for hydroxylation is 2. The van der Waals surface area contributed by atoms with E-state index in [1.165, 1.54) is 11.1 Å². The molecule has 0 amide bonds. The predicted molar refractivity (Wildman–Crippen MR) is 90.7 cm³/mol. The number of rotatable bonds is 4. The highest BCUT2D eigenvalue weighted by molar-refractivity contribution is 7.98. The van der Waals surface area contributed by atoms with E-state index in [-0.39, 0.29) is 0 Å². The van der Waals surface area contributed by atoms with Crippen molar-refractivity contribution in [2.24, 2.45) is 0 Å². The van der Waals surface area contributed by atoms with E-state index < -0.39 is 0 Å². The third-order valence-corrected chi connectivity index (χ3v) is 4.49. The molecule has 0 N–H and O–H groups in total. The number of benzene rings is 1. The Balaban J connectivity index is 1.71. The van der Waals surface area contributed by atoms with Gasteiger partial charge in [-0.25, -0.2) is 0 Å². The van der Waals surface area contributed by atoms with Crippen LogP contribution in [0.5, 0.6) is 0 Å². The van der Waals surface area contributed by atoms with Crippen molar-refractivity contribution in [1.82, 2.24) is 15.2 Å². The van der Waals surface area contributed by atoms with Crippen molar-refractivity contribution in [2.75, 3.05) is 0 Å². The second kappa shape index (κ2) is 6.71. The minimum Gasteiger partial charge on any atom is -0.260 e. The molecule has 3 nitrogen and oxygen atoms in total. The molecule has 3 rings (SSSR count). The van der Waals surface area contributed by atoms with Crippen LogP contribution in [0.15, 0.2) is 59.8 Å². The molecule has 2 aromatic heterocycles. The molecule has 0 bridgehead atoms. The predicted octanol–water partition coefficient (Wildman–Crippen LogP) is 4.45. The SMILES string of the molecule is Cc1ccc(-c2ccc(SCc3ccccn3)nn2)cc1C. The lowest BCUT2D eigenvalue weighted by atomic mass is 10.0. The summed E-state index contributed by atoms with van der Waals surface area (Å²) < 4.78 is 0. The summed E-state index contributed by atoms with van der Waals surface area (Å²) in [5.74, 6) is 0.804. The van der Waals surface area contributed by atoms with Crippen LogP contribution >= 0.6 is 11.8 Å². The summed E-state index contributed by atoms with van der Waals surface area (Å²) in [6, 6.07) is 16.3. The van der Waals surface area contributed by atoms with Gasteiger partial charge in [0.1, 0.15) is 5.03 Å². The fraction of sp³-hybridized carbons (Fsp3) is 0.167. The molecular formula is C18H17N3S. The molecule has 0 saturated heterocycles. The zero-order valence-electron chi connectivity index (χ0n) is 12.7. The number of aromatic nitrogens is 3. The Morgan fingerprint density at radius 1 is 0.909 bits per heavy atom. The summed E-state index contributed by atoms with van der Waals surface area (Å²) in [6.45, 7) is 4.23. The molecular weight excluding hydrogens is 290 g/mol. The van der Waals surface area contributed by atoms with Crippen LogP contribution in [0.2, 0.25) is 0 Å². The fourth-order valence-electron chi connectivity index (χ4n) is 2.08. The van der Waals surface area contributed by atoms with Crippen LogP contribution in [0.25, 0.3) is 11.3 Å². The Labute approximate surface area is 134 Å². The topological polar surface area (TPSA) is 38.7 Å². The lowest BCUT2D eigenvalue weighted by molar-refractivity contribution is 0.934. The first-order valence-electron chi connectivity index (χ1n) is 7.16. The molecule has 0 radical (unpaired) electrons. The van der Waals surface area contributed by atoms with Crippen molar-refractivity contribution in [3.63, 3.8) is 0 Å². The summed E-state index contributed by atoms with van der Waals surface area (Å²) in [5, 5.41) is 9.56. The van der Waals surface area contributed by atoms with Gasteiger partial charge in [0.2, 0.25) is 0 Å². The Kier molecular flexibility index (Phi) is 4.49. The van der Waals surface area contributed by atoms with E-state index in [4.69, 9.17) is 0 Å². The van der Waals surface area contributed by atoms with Gasteiger partial charge in [-0.3, -0.25) is 4.98 Å². The van der Waals surface area contributed by atoms with Crippen LogP contribution in [0, 0.1) is 13.8 Å². The van der Waals surface area contributed by atoms with Crippen LogP contribution in [-0.2, 0) is 5.75 Å². The molecule has 0 aliphatic carbocycles. The van der Waals surface area contributed by atoms with Crippen molar-refractivity contribution in [2.45, 2.75) is 24.6 Å². The average Bonchev–Trinajstić information content (AvgIpc) is 2.57. The van der Waals surface area contributed by atoms with Gasteiger partial charge < -0.3 is 0 Å². The molecule has 2 heterocycles. The molecule has 3 aromatic rings. The van der Waals surface area contributed by atoms with Gasteiger partial charge in [0.25, 0.3) is 0 Å². The maximum atomic E-state index is 4.34. The minimum atomic E-state index is 0.804. The van der Waals surface area contributed by atoms with Crippen LogP contribution < -0.4 is 0 Å². The maximum Gasteiger partial charge on any atom is 0.119 e. The Morgan fingerprint density at radius 2 is 1.82 bits per heavy atom. The normalized spacial score (nSPS) is 10.6. The molecule has 0 unspecified atom stereocenters. The molecule has 110 valence electrons. The lowest BCUT2D eigenvalue weighted by Gasteiger charge is -2.05.